The normalized spacial score (nSPS) is 10.4. The number of nitrogens with zero attached hydrogens (tertiary/aromatic N) is 1. The maximum atomic E-state index is 12.4. The van der Waals surface area contributed by atoms with Crippen LogP contribution in [0, 0.1) is 0 Å². The Balaban J connectivity index is 1.70. The van der Waals surface area contributed by atoms with Gasteiger partial charge in [-0.15, -0.1) is 11.3 Å². The molecule has 0 radical (unpaired) electrons. The Hall–Kier alpha value is -2.86. The van der Waals surface area contributed by atoms with Crippen LogP contribution in [0.15, 0.2) is 53.9 Å². The highest BCUT2D eigenvalue weighted by atomic mass is 32.1. The third-order valence-electron chi connectivity index (χ3n) is 3.53. The van der Waals surface area contributed by atoms with E-state index in [2.05, 4.69) is 10.3 Å². The molecule has 1 aromatic heterocycles. The Kier molecular flexibility index (Phi) is 5.30. The van der Waals surface area contributed by atoms with E-state index in [1.807, 2.05) is 42.6 Å². The molecule has 0 saturated heterocycles. The summed E-state index contributed by atoms with van der Waals surface area (Å²) in [6.45, 7) is 2.62. The number of aromatic nitrogens is 1. The fraction of sp³-hybridized carbons (Fsp3) is 0.158. The standard InChI is InChI=1S/C19H19N3O2S/c1-2-10-24-17-9-8-14(11-15(17)20)18(23)22-19-21-16(12-25-19)13-6-4-3-5-7-13/h3-9,11-12H,2,10,20H2,1H3,(H,21,22,23). The van der Waals surface area contributed by atoms with Crippen molar-refractivity contribution in [1.82, 2.24) is 4.98 Å². The van der Waals surface area contributed by atoms with Gasteiger partial charge in [0.05, 0.1) is 18.0 Å². The van der Waals surface area contributed by atoms with E-state index in [1.165, 1.54) is 11.3 Å². The number of benzene rings is 2. The molecule has 3 N–H and O–H groups in total. The highest BCUT2D eigenvalue weighted by Crippen LogP contribution is 2.26. The first-order chi connectivity index (χ1) is 12.2. The van der Waals surface area contributed by atoms with Gasteiger partial charge in [0, 0.05) is 16.5 Å². The smallest absolute Gasteiger partial charge is 0.257 e. The third kappa shape index (κ3) is 4.16. The van der Waals surface area contributed by atoms with Crippen LogP contribution >= 0.6 is 11.3 Å². The number of hydrogen-bond donors (Lipinski definition) is 2. The van der Waals surface area contributed by atoms with Crippen LogP contribution in [0.5, 0.6) is 5.75 Å². The molecule has 1 amide bonds. The molecule has 3 rings (SSSR count). The molecule has 6 heteroatoms. The van der Waals surface area contributed by atoms with Crippen LogP contribution in [-0.4, -0.2) is 17.5 Å². The number of amides is 1. The summed E-state index contributed by atoms with van der Waals surface area (Å²) in [6, 6.07) is 14.9. The molecule has 0 bridgehead atoms. The Bertz CT molecular complexity index is 862. The largest absolute Gasteiger partial charge is 0.491 e. The molecular weight excluding hydrogens is 334 g/mol. The lowest BCUT2D eigenvalue weighted by Crippen LogP contribution is -2.12. The second-order valence-electron chi connectivity index (χ2n) is 5.46. The van der Waals surface area contributed by atoms with Crippen LogP contribution in [-0.2, 0) is 0 Å². The van der Waals surface area contributed by atoms with E-state index in [0.717, 1.165) is 17.7 Å². The lowest BCUT2D eigenvalue weighted by molar-refractivity contribution is 0.102. The number of nitrogens with one attached hydrogen (secondary N) is 1. The van der Waals surface area contributed by atoms with Gasteiger partial charge in [-0.05, 0) is 24.6 Å². The van der Waals surface area contributed by atoms with Gasteiger partial charge in [-0.1, -0.05) is 37.3 Å². The number of carbonyl (C=O) groups is 1. The van der Waals surface area contributed by atoms with Gasteiger partial charge in [-0.3, -0.25) is 10.1 Å². The predicted octanol–water partition coefficient (Wildman–Crippen LogP) is 4.43. The number of ether oxygens (including phenoxy) is 1. The number of hydrogen-bond acceptors (Lipinski definition) is 5. The molecule has 0 unspecified atom stereocenters. The lowest BCUT2D eigenvalue weighted by atomic mass is 10.2. The van der Waals surface area contributed by atoms with Crippen LogP contribution in [0.1, 0.15) is 23.7 Å². The average molecular weight is 353 g/mol. The maximum Gasteiger partial charge on any atom is 0.257 e. The minimum Gasteiger partial charge on any atom is -0.491 e. The highest BCUT2D eigenvalue weighted by Gasteiger charge is 2.12. The highest BCUT2D eigenvalue weighted by molar-refractivity contribution is 7.14. The van der Waals surface area contributed by atoms with E-state index in [4.69, 9.17) is 10.5 Å². The molecule has 0 atom stereocenters. The van der Waals surface area contributed by atoms with Gasteiger partial charge in [-0.25, -0.2) is 4.98 Å². The van der Waals surface area contributed by atoms with Crippen LogP contribution in [0.25, 0.3) is 11.3 Å². The summed E-state index contributed by atoms with van der Waals surface area (Å²) < 4.78 is 5.52. The third-order valence-corrected chi connectivity index (χ3v) is 4.29. The van der Waals surface area contributed by atoms with Crippen molar-refractivity contribution in [3.05, 3.63) is 59.5 Å². The molecule has 1 heterocycles. The number of carbonyl (C=O) groups excluding carboxylic acids is 1. The molecule has 0 aliphatic rings. The molecule has 5 nitrogen and oxygen atoms in total. The number of rotatable bonds is 6. The molecule has 0 spiro atoms. The second kappa shape index (κ2) is 7.81. The molecule has 128 valence electrons. The Morgan fingerprint density at radius 1 is 1.24 bits per heavy atom. The van der Waals surface area contributed by atoms with Crippen molar-refractivity contribution in [2.45, 2.75) is 13.3 Å². The van der Waals surface area contributed by atoms with Gasteiger partial charge in [0.1, 0.15) is 5.75 Å². The van der Waals surface area contributed by atoms with Gasteiger partial charge < -0.3 is 10.5 Å². The zero-order chi connectivity index (χ0) is 17.6. The van der Waals surface area contributed by atoms with Crippen molar-refractivity contribution in [3.8, 4) is 17.0 Å². The molecule has 0 fully saturated rings. The zero-order valence-corrected chi connectivity index (χ0v) is 14.7. The molecule has 0 saturated carbocycles. The van der Waals surface area contributed by atoms with Crippen molar-refractivity contribution >= 4 is 28.1 Å². The first-order valence-corrected chi connectivity index (χ1v) is 8.90. The zero-order valence-electron chi connectivity index (χ0n) is 13.9. The summed E-state index contributed by atoms with van der Waals surface area (Å²) in [5.74, 6) is 0.349. The molecule has 0 aliphatic carbocycles. The van der Waals surface area contributed by atoms with Crippen molar-refractivity contribution < 1.29 is 9.53 Å². The summed E-state index contributed by atoms with van der Waals surface area (Å²) in [4.78, 5) is 16.9. The molecule has 3 aromatic rings. The second-order valence-corrected chi connectivity index (χ2v) is 6.32. The van der Waals surface area contributed by atoms with E-state index in [0.29, 0.717) is 28.7 Å². The van der Waals surface area contributed by atoms with Gasteiger partial charge in [0.25, 0.3) is 5.91 Å². The number of thiazole rings is 1. The average Bonchev–Trinajstić information content (AvgIpc) is 3.10. The van der Waals surface area contributed by atoms with Crippen LogP contribution in [0.4, 0.5) is 10.8 Å². The predicted molar refractivity (Wildman–Crippen MR) is 102 cm³/mol. The van der Waals surface area contributed by atoms with Crippen LogP contribution < -0.4 is 15.8 Å². The molecular formula is C19H19N3O2S. The number of nitrogen functional groups attached to an aromatic ring is 1. The van der Waals surface area contributed by atoms with Crippen LogP contribution in [0.2, 0.25) is 0 Å². The summed E-state index contributed by atoms with van der Waals surface area (Å²) in [5.41, 5.74) is 8.73. The van der Waals surface area contributed by atoms with Crippen molar-refractivity contribution in [2.24, 2.45) is 0 Å². The van der Waals surface area contributed by atoms with E-state index in [1.54, 1.807) is 18.2 Å². The maximum absolute atomic E-state index is 12.4. The number of nitrogens with two attached hydrogens (primary N) is 1. The Morgan fingerprint density at radius 3 is 2.76 bits per heavy atom. The van der Waals surface area contributed by atoms with Gasteiger partial charge >= 0.3 is 0 Å². The van der Waals surface area contributed by atoms with Gasteiger partial charge in [-0.2, -0.15) is 0 Å². The topological polar surface area (TPSA) is 77.2 Å². The summed E-state index contributed by atoms with van der Waals surface area (Å²) in [7, 11) is 0. The lowest BCUT2D eigenvalue weighted by Gasteiger charge is -2.09. The van der Waals surface area contributed by atoms with E-state index >= 15 is 0 Å². The first-order valence-electron chi connectivity index (χ1n) is 8.02. The van der Waals surface area contributed by atoms with Gasteiger partial charge in [0.15, 0.2) is 5.13 Å². The van der Waals surface area contributed by atoms with E-state index < -0.39 is 0 Å². The quantitative estimate of drug-likeness (QED) is 0.643. The molecule has 0 aliphatic heterocycles. The summed E-state index contributed by atoms with van der Waals surface area (Å²) in [5, 5.41) is 5.28. The van der Waals surface area contributed by atoms with Crippen molar-refractivity contribution in [3.63, 3.8) is 0 Å². The van der Waals surface area contributed by atoms with E-state index in [-0.39, 0.29) is 5.91 Å². The SMILES string of the molecule is CCCOc1ccc(C(=O)Nc2nc(-c3ccccc3)cs2)cc1N. The minimum atomic E-state index is -0.247. The van der Waals surface area contributed by atoms with Crippen LogP contribution in [0.3, 0.4) is 0 Å². The first kappa shape index (κ1) is 17.0. The molecule has 2 aromatic carbocycles. The minimum absolute atomic E-state index is 0.247. The Morgan fingerprint density at radius 2 is 2.04 bits per heavy atom. The van der Waals surface area contributed by atoms with Crippen molar-refractivity contribution in [1.29, 1.82) is 0 Å². The fourth-order valence-corrected chi connectivity index (χ4v) is 2.99. The summed E-state index contributed by atoms with van der Waals surface area (Å²) in [6.07, 6.45) is 0.898. The fourth-order valence-electron chi connectivity index (χ4n) is 2.28. The van der Waals surface area contributed by atoms with E-state index in [9.17, 15) is 4.79 Å². The van der Waals surface area contributed by atoms with Gasteiger partial charge in [0.2, 0.25) is 0 Å². The monoisotopic (exact) mass is 353 g/mol. The summed E-state index contributed by atoms with van der Waals surface area (Å²) >= 11 is 1.39. The molecule has 25 heavy (non-hydrogen) atoms. The number of anilines is 2. The van der Waals surface area contributed by atoms with Crippen molar-refractivity contribution in [2.75, 3.05) is 17.7 Å². The Labute approximate surface area is 150 Å².